The summed E-state index contributed by atoms with van der Waals surface area (Å²) in [6.45, 7) is 8.32. The topological polar surface area (TPSA) is 46.5 Å². The standard InChI is InChI=1S/C19H26O3/c1-17(2)14-10-11-18(17,3)15(12-14)22-16(20)19(4,21)13-8-6-5-7-9-13/h5-9,14-15,21H,10-12H2,1-4H3. The average molecular weight is 302 g/mol. The fourth-order valence-corrected chi connectivity index (χ4v) is 4.43. The van der Waals surface area contributed by atoms with Crippen LogP contribution in [0.3, 0.4) is 0 Å². The van der Waals surface area contributed by atoms with E-state index >= 15 is 0 Å². The second-order valence-electron chi connectivity index (χ2n) is 7.94. The molecule has 4 unspecified atom stereocenters. The van der Waals surface area contributed by atoms with Crippen molar-refractivity contribution in [2.24, 2.45) is 16.7 Å². The van der Waals surface area contributed by atoms with Gasteiger partial charge in [0.1, 0.15) is 6.10 Å². The van der Waals surface area contributed by atoms with Gasteiger partial charge in [-0.25, -0.2) is 4.79 Å². The van der Waals surface area contributed by atoms with Crippen LogP contribution < -0.4 is 0 Å². The van der Waals surface area contributed by atoms with Crippen molar-refractivity contribution in [3.05, 3.63) is 35.9 Å². The molecule has 3 rings (SSSR count). The van der Waals surface area contributed by atoms with Crippen LogP contribution >= 0.6 is 0 Å². The highest BCUT2D eigenvalue weighted by molar-refractivity contribution is 5.80. The molecule has 120 valence electrons. The summed E-state index contributed by atoms with van der Waals surface area (Å²) in [6, 6.07) is 9.02. The molecule has 1 aromatic rings. The molecule has 2 aliphatic rings. The lowest BCUT2D eigenvalue weighted by Crippen LogP contribution is -2.43. The minimum atomic E-state index is -1.59. The molecule has 3 nitrogen and oxygen atoms in total. The molecule has 3 heteroatoms. The Balaban J connectivity index is 1.79. The number of rotatable bonds is 3. The van der Waals surface area contributed by atoms with E-state index in [0.717, 1.165) is 12.8 Å². The van der Waals surface area contributed by atoms with Gasteiger partial charge < -0.3 is 9.84 Å². The maximum Gasteiger partial charge on any atom is 0.342 e. The third-order valence-corrected chi connectivity index (χ3v) is 6.70. The Morgan fingerprint density at radius 1 is 1.27 bits per heavy atom. The first kappa shape index (κ1) is 15.5. The van der Waals surface area contributed by atoms with Crippen molar-refractivity contribution in [2.45, 2.75) is 58.7 Å². The second kappa shape index (κ2) is 4.82. The summed E-state index contributed by atoms with van der Waals surface area (Å²) in [7, 11) is 0. The van der Waals surface area contributed by atoms with Crippen LogP contribution in [-0.4, -0.2) is 17.2 Å². The van der Waals surface area contributed by atoms with E-state index in [1.807, 2.05) is 18.2 Å². The zero-order chi connectivity index (χ0) is 16.2. The molecule has 0 spiro atoms. The van der Waals surface area contributed by atoms with Gasteiger partial charge in [-0.05, 0) is 43.1 Å². The van der Waals surface area contributed by atoms with E-state index in [0.29, 0.717) is 11.5 Å². The number of fused-ring (bicyclic) bond motifs is 2. The van der Waals surface area contributed by atoms with Crippen LogP contribution in [0.15, 0.2) is 30.3 Å². The molecule has 0 amide bonds. The normalized spacial score (nSPS) is 35.1. The monoisotopic (exact) mass is 302 g/mol. The molecule has 1 N–H and O–H groups in total. The van der Waals surface area contributed by atoms with Gasteiger partial charge >= 0.3 is 5.97 Å². The van der Waals surface area contributed by atoms with Crippen molar-refractivity contribution in [1.82, 2.24) is 0 Å². The number of carbonyl (C=O) groups excluding carboxylic acids is 1. The molecule has 0 heterocycles. The number of benzene rings is 1. The Kier molecular flexibility index (Phi) is 3.41. The molecule has 0 aliphatic heterocycles. The molecule has 2 fully saturated rings. The fourth-order valence-electron chi connectivity index (χ4n) is 4.43. The van der Waals surface area contributed by atoms with E-state index in [1.165, 1.54) is 13.3 Å². The lowest BCUT2D eigenvalue weighted by molar-refractivity contribution is -0.178. The average Bonchev–Trinajstić information content (AvgIpc) is 2.81. The lowest BCUT2D eigenvalue weighted by atomic mass is 9.70. The van der Waals surface area contributed by atoms with Crippen LogP contribution in [0.1, 0.15) is 52.5 Å². The quantitative estimate of drug-likeness (QED) is 0.867. The van der Waals surface area contributed by atoms with E-state index in [-0.39, 0.29) is 16.9 Å². The van der Waals surface area contributed by atoms with Crippen molar-refractivity contribution >= 4 is 5.97 Å². The highest BCUT2D eigenvalue weighted by Crippen LogP contribution is 2.66. The van der Waals surface area contributed by atoms with Gasteiger partial charge in [-0.2, -0.15) is 0 Å². The highest BCUT2D eigenvalue weighted by atomic mass is 16.6. The first-order valence-corrected chi connectivity index (χ1v) is 8.18. The van der Waals surface area contributed by atoms with Crippen molar-refractivity contribution in [3.63, 3.8) is 0 Å². The van der Waals surface area contributed by atoms with Crippen molar-refractivity contribution in [3.8, 4) is 0 Å². The third kappa shape index (κ3) is 2.02. The van der Waals surface area contributed by atoms with Crippen molar-refractivity contribution in [2.75, 3.05) is 0 Å². The van der Waals surface area contributed by atoms with E-state index in [4.69, 9.17) is 4.74 Å². The summed E-state index contributed by atoms with van der Waals surface area (Å²) >= 11 is 0. The van der Waals surface area contributed by atoms with E-state index < -0.39 is 11.6 Å². The molecule has 1 aromatic carbocycles. The molecule has 0 radical (unpaired) electrons. The third-order valence-electron chi connectivity index (χ3n) is 6.70. The molecule has 0 aromatic heterocycles. The largest absolute Gasteiger partial charge is 0.459 e. The number of hydrogen-bond donors (Lipinski definition) is 1. The van der Waals surface area contributed by atoms with Crippen molar-refractivity contribution in [1.29, 1.82) is 0 Å². The van der Waals surface area contributed by atoms with Crippen LogP contribution in [0, 0.1) is 16.7 Å². The minimum absolute atomic E-state index is 0.0140. The Hall–Kier alpha value is -1.35. The zero-order valence-electron chi connectivity index (χ0n) is 13.9. The number of carbonyl (C=O) groups is 1. The summed E-state index contributed by atoms with van der Waals surface area (Å²) < 4.78 is 5.81. The van der Waals surface area contributed by atoms with Gasteiger partial charge in [-0.1, -0.05) is 51.1 Å². The van der Waals surface area contributed by atoms with Crippen LogP contribution in [0.4, 0.5) is 0 Å². The predicted molar refractivity (Wildman–Crippen MR) is 85.1 cm³/mol. The van der Waals surface area contributed by atoms with E-state index in [2.05, 4.69) is 20.8 Å². The van der Waals surface area contributed by atoms with E-state index in [1.54, 1.807) is 12.1 Å². The summed E-state index contributed by atoms with van der Waals surface area (Å²) in [4.78, 5) is 12.6. The Morgan fingerprint density at radius 2 is 1.91 bits per heavy atom. The van der Waals surface area contributed by atoms with Crippen molar-refractivity contribution < 1.29 is 14.6 Å². The zero-order valence-corrected chi connectivity index (χ0v) is 13.9. The lowest BCUT2D eigenvalue weighted by Gasteiger charge is -2.39. The molecular weight excluding hydrogens is 276 g/mol. The number of esters is 1. The Bertz CT molecular complexity index is 576. The predicted octanol–water partition coefficient (Wildman–Crippen LogP) is 3.65. The van der Waals surface area contributed by atoms with Crippen LogP contribution in [0.2, 0.25) is 0 Å². The molecule has 2 saturated carbocycles. The van der Waals surface area contributed by atoms with Crippen LogP contribution in [-0.2, 0) is 15.1 Å². The number of aliphatic hydroxyl groups is 1. The molecule has 4 atom stereocenters. The van der Waals surface area contributed by atoms with Gasteiger partial charge in [0.15, 0.2) is 5.60 Å². The number of hydrogen-bond acceptors (Lipinski definition) is 3. The van der Waals surface area contributed by atoms with Crippen LogP contribution in [0.25, 0.3) is 0 Å². The molecule has 2 aliphatic carbocycles. The maximum atomic E-state index is 12.6. The first-order valence-electron chi connectivity index (χ1n) is 8.18. The SMILES string of the molecule is CC(O)(C(=O)OC1CC2CCC1(C)C2(C)C)c1ccccc1. The molecular formula is C19H26O3. The van der Waals surface area contributed by atoms with Gasteiger partial charge in [0, 0.05) is 5.41 Å². The van der Waals surface area contributed by atoms with Gasteiger partial charge in [0.05, 0.1) is 0 Å². The summed E-state index contributed by atoms with van der Waals surface area (Å²) in [5.41, 5.74) is -0.812. The highest BCUT2D eigenvalue weighted by Gasteiger charge is 2.63. The van der Waals surface area contributed by atoms with E-state index in [9.17, 15) is 9.90 Å². The second-order valence-corrected chi connectivity index (χ2v) is 7.94. The van der Waals surface area contributed by atoms with Gasteiger partial charge in [-0.15, -0.1) is 0 Å². The molecule has 0 saturated heterocycles. The van der Waals surface area contributed by atoms with Gasteiger partial charge in [0.25, 0.3) is 0 Å². The molecule has 22 heavy (non-hydrogen) atoms. The number of ether oxygens (including phenoxy) is 1. The Labute approximate surface area is 132 Å². The summed E-state index contributed by atoms with van der Waals surface area (Å²) in [5.74, 6) is 0.0743. The molecule has 2 bridgehead atoms. The Morgan fingerprint density at radius 3 is 2.41 bits per heavy atom. The maximum absolute atomic E-state index is 12.6. The summed E-state index contributed by atoms with van der Waals surface area (Å²) in [6.07, 6.45) is 3.13. The smallest absolute Gasteiger partial charge is 0.342 e. The minimum Gasteiger partial charge on any atom is -0.459 e. The fraction of sp³-hybridized carbons (Fsp3) is 0.632. The first-order chi connectivity index (χ1) is 10.2. The van der Waals surface area contributed by atoms with Gasteiger partial charge in [0.2, 0.25) is 0 Å². The van der Waals surface area contributed by atoms with Crippen LogP contribution in [0.5, 0.6) is 0 Å². The summed E-state index contributed by atoms with van der Waals surface area (Å²) in [5, 5.41) is 10.6. The van der Waals surface area contributed by atoms with Gasteiger partial charge in [-0.3, -0.25) is 0 Å².